The van der Waals surface area contributed by atoms with Gasteiger partial charge in [0.05, 0.1) is 7.11 Å². The van der Waals surface area contributed by atoms with Crippen LogP contribution >= 0.6 is 0 Å². The van der Waals surface area contributed by atoms with E-state index in [0.717, 1.165) is 13.0 Å². The van der Waals surface area contributed by atoms with Crippen molar-refractivity contribution < 1.29 is 9.53 Å². The maximum Gasteiger partial charge on any atom is 0.322 e. The predicted octanol–water partition coefficient (Wildman–Crippen LogP) is -0.891. The molecule has 0 aromatic heterocycles. The van der Waals surface area contributed by atoms with Gasteiger partial charge in [0.2, 0.25) is 0 Å². The molecule has 4 nitrogen and oxygen atoms in total. The van der Waals surface area contributed by atoms with Gasteiger partial charge in [-0.25, -0.2) is 0 Å². The van der Waals surface area contributed by atoms with Crippen LogP contribution in [0.25, 0.3) is 0 Å². The summed E-state index contributed by atoms with van der Waals surface area (Å²) in [6.07, 6.45) is 0.823. The highest BCUT2D eigenvalue weighted by Gasteiger charge is 2.28. The van der Waals surface area contributed by atoms with E-state index >= 15 is 0 Å². The minimum absolute atomic E-state index is 0.113. The summed E-state index contributed by atoms with van der Waals surface area (Å²) in [7, 11) is 3.31. The van der Waals surface area contributed by atoms with Crippen LogP contribution in [0.4, 0.5) is 0 Å². The van der Waals surface area contributed by atoms with Gasteiger partial charge in [-0.1, -0.05) is 0 Å². The molecule has 0 aliphatic carbocycles. The number of rotatable bonds is 2. The number of hydrogen-bond acceptors (Lipinski definition) is 4. The van der Waals surface area contributed by atoms with Crippen LogP contribution in [0.3, 0.4) is 0 Å². The molecule has 64 valence electrons. The Hall–Kier alpha value is -0.610. The Bertz CT molecular complexity index is 149. The molecule has 1 saturated heterocycles. The van der Waals surface area contributed by atoms with Gasteiger partial charge in [0, 0.05) is 12.6 Å². The highest BCUT2D eigenvalue weighted by Crippen LogP contribution is 2.06. The Labute approximate surface area is 66.3 Å². The third kappa shape index (κ3) is 1.91. The number of methoxy groups -OCH3 is 1. The average molecular weight is 158 g/mol. The lowest BCUT2D eigenvalue weighted by atomic mass is 10.2. The number of carbonyl (C=O) groups is 1. The molecule has 0 saturated carbocycles. The number of hydrogen-bond donors (Lipinski definition) is 2. The molecule has 4 heteroatoms. The maximum absolute atomic E-state index is 11.0. The van der Waals surface area contributed by atoms with E-state index in [9.17, 15) is 4.79 Å². The van der Waals surface area contributed by atoms with E-state index < -0.39 is 0 Å². The van der Waals surface area contributed by atoms with Crippen molar-refractivity contribution in [3.63, 3.8) is 0 Å². The molecule has 11 heavy (non-hydrogen) atoms. The van der Waals surface area contributed by atoms with E-state index in [0.29, 0.717) is 6.04 Å². The zero-order valence-electron chi connectivity index (χ0n) is 6.89. The Kier molecular flexibility index (Phi) is 2.84. The summed E-state index contributed by atoms with van der Waals surface area (Å²) in [5.74, 6) is -0.164. The topological polar surface area (TPSA) is 50.4 Å². The van der Waals surface area contributed by atoms with Crippen LogP contribution in [-0.2, 0) is 9.53 Å². The van der Waals surface area contributed by atoms with Crippen LogP contribution < -0.4 is 10.6 Å². The standard InChI is InChI=1S/C7H14N2O2/c1-8-5-3-6(9-4-5)7(10)11-2/h5-6,8-9H,3-4H2,1-2H3. The molecule has 1 fully saturated rings. The van der Waals surface area contributed by atoms with E-state index in [4.69, 9.17) is 0 Å². The first-order chi connectivity index (χ1) is 5.27. The number of likely N-dealkylation sites (N-methyl/N-ethyl adjacent to an activating group) is 1. The second kappa shape index (κ2) is 3.69. The first-order valence-electron chi connectivity index (χ1n) is 3.76. The fourth-order valence-electron chi connectivity index (χ4n) is 1.28. The van der Waals surface area contributed by atoms with Crippen molar-refractivity contribution in [3.05, 3.63) is 0 Å². The van der Waals surface area contributed by atoms with Gasteiger partial charge >= 0.3 is 5.97 Å². The normalized spacial score (nSPS) is 30.4. The SMILES string of the molecule is CNC1CNC(C(=O)OC)C1. The van der Waals surface area contributed by atoms with Crippen LogP contribution in [0.2, 0.25) is 0 Å². The lowest BCUT2D eigenvalue weighted by molar-refractivity contribution is -0.142. The van der Waals surface area contributed by atoms with Crippen molar-refractivity contribution in [1.82, 2.24) is 10.6 Å². The van der Waals surface area contributed by atoms with Gasteiger partial charge in [-0.2, -0.15) is 0 Å². The summed E-state index contributed by atoms with van der Waals surface area (Å²) in [6.45, 7) is 0.844. The largest absolute Gasteiger partial charge is 0.468 e. The van der Waals surface area contributed by atoms with Crippen LogP contribution in [0.5, 0.6) is 0 Å². The zero-order valence-corrected chi connectivity index (χ0v) is 6.89. The van der Waals surface area contributed by atoms with E-state index in [2.05, 4.69) is 15.4 Å². The highest BCUT2D eigenvalue weighted by atomic mass is 16.5. The van der Waals surface area contributed by atoms with Gasteiger partial charge in [0.1, 0.15) is 6.04 Å². The van der Waals surface area contributed by atoms with Gasteiger partial charge in [-0.05, 0) is 13.5 Å². The monoisotopic (exact) mass is 158 g/mol. The minimum Gasteiger partial charge on any atom is -0.468 e. The van der Waals surface area contributed by atoms with Crippen LogP contribution in [-0.4, -0.2) is 38.8 Å². The Morgan fingerprint density at radius 3 is 2.91 bits per heavy atom. The van der Waals surface area contributed by atoms with Crippen molar-refractivity contribution in [3.8, 4) is 0 Å². The second-order valence-corrected chi connectivity index (χ2v) is 2.71. The molecule has 2 unspecified atom stereocenters. The molecule has 0 radical (unpaired) electrons. The van der Waals surface area contributed by atoms with Gasteiger partial charge in [0.25, 0.3) is 0 Å². The molecule has 0 aromatic rings. The van der Waals surface area contributed by atoms with Gasteiger partial charge in [0.15, 0.2) is 0 Å². The number of esters is 1. The highest BCUT2D eigenvalue weighted by molar-refractivity contribution is 5.76. The lowest BCUT2D eigenvalue weighted by Gasteiger charge is -2.06. The number of carbonyl (C=O) groups excluding carboxylic acids is 1. The first kappa shape index (κ1) is 8.49. The van der Waals surface area contributed by atoms with E-state index in [-0.39, 0.29) is 12.0 Å². The van der Waals surface area contributed by atoms with Crippen molar-refractivity contribution in [2.24, 2.45) is 0 Å². The quantitative estimate of drug-likeness (QED) is 0.512. The minimum atomic E-state index is -0.164. The third-order valence-electron chi connectivity index (χ3n) is 2.02. The molecule has 2 N–H and O–H groups in total. The number of ether oxygens (including phenoxy) is 1. The maximum atomic E-state index is 11.0. The summed E-state index contributed by atoms with van der Waals surface area (Å²) >= 11 is 0. The van der Waals surface area contributed by atoms with E-state index in [1.54, 1.807) is 0 Å². The smallest absolute Gasteiger partial charge is 0.322 e. The predicted molar refractivity (Wildman–Crippen MR) is 41.3 cm³/mol. The van der Waals surface area contributed by atoms with Gasteiger partial charge in [-0.3, -0.25) is 4.79 Å². The molecule has 0 amide bonds. The van der Waals surface area contributed by atoms with Crippen molar-refractivity contribution in [2.75, 3.05) is 20.7 Å². The summed E-state index contributed by atoms with van der Waals surface area (Å²) in [6, 6.07) is 0.288. The Balaban J connectivity index is 2.35. The fourth-order valence-corrected chi connectivity index (χ4v) is 1.28. The molecule has 0 spiro atoms. The van der Waals surface area contributed by atoms with Crippen LogP contribution in [0, 0.1) is 0 Å². The molecule has 1 heterocycles. The van der Waals surface area contributed by atoms with Crippen molar-refractivity contribution in [2.45, 2.75) is 18.5 Å². The molecular weight excluding hydrogens is 144 g/mol. The molecule has 1 rings (SSSR count). The summed E-state index contributed by atoms with van der Waals surface area (Å²) in [5, 5.41) is 6.17. The Morgan fingerprint density at radius 2 is 2.45 bits per heavy atom. The molecule has 0 aromatic carbocycles. The van der Waals surface area contributed by atoms with Crippen molar-refractivity contribution >= 4 is 5.97 Å². The first-order valence-corrected chi connectivity index (χ1v) is 3.76. The lowest BCUT2D eigenvalue weighted by Crippen LogP contribution is -2.31. The van der Waals surface area contributed by atoms with E-state index in [1.807, 2.05) is 7.05 Å². The second-order valence-electron chi connectivity index (χ2n) is 2.71. The third-order valence-corrected chi connectivity index (χ3v) is 2.02. The molecule has 2 atom stereocenters. The van der Waals surface area contributed by atoms with E-state index in [1.165, 1.54) is 7.11 Å². The molecule has 1 aliphatic heterocycles. The summed E-state index contributed by atoms with van der Waals surface area (Å²) in [5.41, 5.74) is 0. The van der Waals surface area contributed by atoms with Gasteiger partial charge in [-0.15, -0.1) is 0 Å². The van der Waals surface area contributed by atoms with Gasteiger partial charge < -0.3 is 15.4 Å². The number of nitrogens with one attached hydrogen (secondary N) is 2. The molecule has 0 bridgehead atoms. The average Bonchev–Trinajstić information content (AvgIpc) is 2.50. The fraction of sp³-hybridized carbons (Fsp3) is 0.857. The zero-order chi connectivity index (χ0) is 8.27. The molecule has 1 aliphatic rings. The molecular formula is C7H14N2O2. The summed E-state index contributed by atoms with van der Waals surface area (Å²) < 4.78 is 4.60. The van der Waals surface area contributed by atoms with Crippen LogP contribution in [0.15, 0.2) is 0 Å². The van der Waals surface area contributed by atoms with Crippen molar-refractivity contribution in [1.29, 1.82) is 0 Å². The summed E-state index contributed by atoms with van der Waals surface area (Å²) in [4.78, 5) is 11.0. The van der Waals surface area contributed by atoms with Crippen LogP contribution in [0.1, 0.15) is 6.42 Å². The Morgan fingerprint density at radius 1 is 1.73 bits per heavy atom.